The minimum atomic E-state index is -0.137. The van der Waals surface area contributed by atoms with Crippen LogP contribution in [0.1, 0.15) is 24.2 Å². The SMILES string of the molecule is COc1cc(=O)n(Cc2nc3cc(CN)ccc3n2CCCCO)c2ccccc12. The third kappa shape index (κ3) is 3.69. The molecule has 0 unspecified atom stereocenters. The largest absolute Gasteiger partial charge is 0.496 e. The Labute approximate surface area is 174 Å². The highest BCUT2D eigenvalue weighted by Gasteiger charge is 2.15. The number of aliphatic hydroxyl groups is 1. The zero-order chi connectivity index (χ0) is 21.1. The van der Waals surface area contributed by atoms with Crippen LogP contribution in [0.15, 0.2) is 53.3 Å². The summed E-state index contributed by atoms with van der Waals surface area (Å²) in [6, 6.07) is 15.3. The standard InChI is InChI=1S/C23H26N4O3/c1-30-21-13-23(29)27(19-7-3-2-6-17(19)21)15-22-25-18-12-16(14-24)8-9-20(18)26(22)10-4-5-11-28/h2-3,6-9,12-13,28H,4-5,10-11,14-15,24H2,1H3. The average molecular weight is 406 g/mol. The van der Waals surface area contributed by atoms with E-state index in [4.69, 9.17) is 15.5 Å². The van der Waals surface area contributed by atoms with Gasteiger partial charge in [-0.2, -0.15) is 0 Å². The number of hydrogen-bond donors (Lipinski definition) is 2. The Bertz CT molecular complexity index is 1240. The van der Waals surface area contributed by atoms with Crippen LogP contribution < -0.4 is 16.0 Å². The third-order valence-corrected chi connectivity index (χ3v) is 5.42. The maximum absolute atomic E-state index is 12.9. The van der Waals surface area contributed by atoms with E-state index in [9.17, 15) is 9.90 Å². The number of para-hydroxylation sites is 1. The van der Waals surface area contributed by atoms with Crippen molar-refractivity contribution in [3.63, 3.8) is 0 Å². The van der Waals surface area contributed by atoms with Gasteiger partial charge in [-0.25, -0.2) is 4.98 Å². The van der Waals surface area contributed by atoms with Gasteiger partial charge in [-0.05, 0) is 42.7 Å². The zero-order valence-corrected chi connectivity index (χ0v) is 17.0. The van der Waals surface area contributed by atoms with Crippen molar-refractivity contribution in [1.29, 1.82) is 0 Å². The normalized spacial score (nSPS) is 11.4. The van der Waals surface area contributed by atoms with Crippen molar-refractivity contribution in [1.82, 2.24) is 14.1 Å². The number of fused-ring (bicyclic) bond motifs is 2. The number of benzene rings is 2. The molecule has 7 nitrogen and oxygen atoms in total. The molecular formula is C23H26N4O3. The fourth-order valence-corrected chi connectivity index (χ4v) is 3.88. The minimum Gasteiger partial charge on any atom is -0.496 e. The monoisotopic (exact) mass is 406 g/mol. The highest BCUT2D eigenvalue weighted by atomic mass is 16.5. The van der Waals surface area contributed by atoms with Crippen LogP contribution in [-0.2, 0) is 19.6 Å². The van der Waals surface area contributed by atoms with E-state index in [0.717, 1.165) is 46.3 Å². The molecule has 0 radical (unpaired) electrons. The van der Waals surface area contributed by atoms with Gasteiger partial charge in [-0.1, -0.05) is 18.2 Å². The maximum Gasteiger partial charge on any atom is 0.255 e. The van der Waals surface area contributed by atoms with Crippen LogP contribution in [0.3, 0.4) is 0 Å². The number of aliphatic hydroxyl groups excluding tert-OH is 1. The van der Waals surface area contributed by atoms with E-state index < -0.39 is 0 Å². The summed E-state index contributed by atoms with van der Waals surface area (Å²) in [5.41, 5.74) is 9.35. The number of hydrogen-bond acceptors (Lipinski definition) is 5. The third-order valence-electron chi connectivity index (χ3n) is 5.42. The fraction of sp³-hybridized carbons (Fsp3) is 0.304. The van der Waals surface area contributed by atoms with Gasteiger partial charge in [0.1, 0.15) is 11.6 Å². The Morgan fingerprint density at radius 2 is 1.90 bits per heavy atom. The van der Waals surface area contributed by atoms with Crippen LogP contribution in [0.25, 0.3) is 21.9 Å². The second-order valence-corrected chi connectivity index (χ2v) is 7.29. The molecule has 7 heteroatoms. The molecule has 30 heavy (non-hydrogen) atoms. The molecule has 0 bridgehead atoms. The first-order chi connectivity index (χ1) is 14.7. The molecule has 2 heterocycles. The van der Waals surface area contributed by atoms with Crippen molar-refractivity contribution in [2.75, 3.05) is 13.7 Å². The number of methoxy groups -OCH3 is 1. The maximum atomic E-state index is 12.9. The van der Waals surface area contributed by atoms with Gasteiger partial charge in [0.2, 0.25) is 0 Å². The molecular weight excluding hydrogens is 380 g/mol. The van der Waals surface area contributed by atoms with Crippen molar-refractivity contribution >= 4 is 21.9 Å². The molecule has 2 aromatic carbocycles. The molecule has 0 saturated heterocycles. The predicted octanol–water partition coefficient (Wildman–Crippen LogP) is 2.64. The molecule has 0 fully saturated rings. The molecule has 156 valence electrons. The summed E-state index contributed by atoms with van der Waals surface area (Å²) in [5, 5.41) is 10.1. The Morgan fingerprint density at radius 3 is 2.67 bits per heavy atom. The van der Waals surface area contributed by atoms with Crippen LogP contribution in [0.5, 0.6) is 5.75 Å². The summed E-state index contributed by atoms with van der Waals surface area (Å²) >= 11 is 0. The first-order valence-corrected chi connectivity index (χ1v) is 10.1. The second-order valence-electron chi connectivity index (χ2n) is 7.29. The first-order valence-electron chi connectivity index (χ1n) is 10.1. The molecule has 2 aromatic heterocycles. The number of pyridine rings is 1. The number of nitrogens with zero attached hydrogens (tertiary/aromatic N) is 3. The van der Waals surface area contributed by atoms with Gasteiger partial charge < -0.3 is 24.7 Å². The lowest BCUT2D eigenvalue weighted by atomic mass is 10.2. The number of ether oxygens (including phenoxy) is 1. The van der Waals surface area contributed by atoms with Crippen LogP contribution in [0.4, 0.5) is 0 Å². The molecule has 4 rings (SSSR count). The van der Waals surface area contributed by atoms with Crippen molar-refractivity contribution in [2.24, 2.45) is 5.73 Å². The van der Waals surface area contributed by atoms with Gasteiger partial charge in [-0.3, -0.25) is 4.79 Å². The molecule has 3 N–H and O–H groups in total. The summed E-state index contributed by atoms with van der Waals surface area (Å²) in [4.78, 5) is 17.7. The van der Waals surface area contributed by atoms with Crippen LogP contribution in [0.2, 0.25) is 0 Å². The van der Waals surface area contributed by atoms with Gasteiger partial charge >= 0.3 is 0 Å². The van der Waals surface area contributed by atoms with E-state index >= 15 is 0 Å². The molecule has 0 aliphatic rings. The van der Waals surface area contributed by atoms with Crippen molar-refractivity contribution in [3.8, 4) is 5.75 Å². The zero-order valence-electron chi connectivity index (χ0n) is 17.0. The summed E-state index contributed by atoms with van der Waals surface area (Å²) in [6.07, 6.45) is 1.54. The number of rotatable bonds is 8. The van der Waals surface area contributed by atoms with E-state index in [-0.39, 0.29) is 12.2 Å². The van der Waals surface area contributed by atoms with E-state index in [2.05, 4.69) is 4.57 Å². The highest BCUT2D eigenvalue weighted by Crippen LogP contribution is 2.25. The van der Waals surface area contributed by atoms with E-state index in [1.807, 2.05) is 42.5 Å². The Hall–Kier alpha value is -3.16. The summed E-state index contributed by atoms with van der Waals surface area (Å²) in [6.45, 7) is 1.67. The molecule has 0 aliphatic heterocycles. The van der Waals surface area contributed by atoms with Crippen molar-refractivity contribution in [2.45, 2.75) is 32.5 Å². The van der Waals surface area contributed by atoms with Gasteiger partial charge in [0.05, 0.1) is 30.2 Å². The molecule has 4 aromatic rings. The van der Waals surface area contributed by atoms with Crippen LogP contribution >= 0.6 is 0 Å². The lowest BCUT2D eigenvalue weighted by Crippen LogP contribution is -2.22. The smallest absolute Gasteiger partial charge is 0.255 e. The summed E-state index contributed by atoms with van der Waals surface area (Å²) < 4.78 is 9.27. The van der Waals surface area contributed by atoms with Crippen molar-refractivity contribution in [3.05, 3.63) is 70.3 Å². The van der Waals surface area contributed by atoms with Crippen LogP contribution in [0, 0.1) is 0 Å². The molecule has 0 atom stereocenters. The Kier molecular flexibility index (Phi) is 5.83. The lowest BCUT2D eigenvalue weighted by Gasteiger charge is -2.14. The van der Waals surface area contributed by atoms with E-state index in [0.29, 0.717) is 25.3 Å². The first kappa shape index (κ1) is 20.1. The number of imidazole rings is 1. The van der Waals surface area contributed by atoms with Crippen LogP contribution in [-0.4, -0.2) is 32.9 Å². The van der Waals surface area contributed by atoms with E-state index in [1.54, 1.807) is 11.7 Å². The summed E-state index contributed by atoms with van der Waals surface area (Å²) in [5.74, 6) is 1.37. The number of aromatic nitrogens is 3. The lowest BCUT2D eigenvalue weighted by molar-refractivity contribution is 0.281. The Balaban J connectivity index is 1.85. The quantitative estimate of drug-likeness (QED) is 0.439. The Morgan fingerprint density at radius 1 is 1.07 bits per heavy atom. The van der Waals surface area contributed by atoms with Gasteiger partial charge in [0, 0.05) is 31.1 Å². The average Bonchev–Trinajstić information content (AvgIpc) is 3.11. The van der Waals surface area contributed by atoms with E-state index in [1.165, 1.54) is 6.07 Å². The fourth-order valence-electron chi connectivity index (χ4n) is 3.88. The van der Waals surface area contributed by atoms with Gasteiger partial charge in [-0.15, -0.1) is 0 Å². The topological polar surface area (TPSA) is 95.3 Å². The summed E-state index contributed by atoms with van der Waals surface area (Å²) in [7, 11) is 1.57. The molecule has 0 saturated carbocycles. The second kappa shape index (κ2) is 8.69. The molecule has 0 spiro atoms. The predicted molar refractivity (Wildman–Crippen MR) is 118 cm³/mol. The minimum absolute atomic E-state index is 0.137. The highest BCUT2D eigenvalue weighted by molar-refractivity contribution is 5.85. The van der Waals surface area contributed by atoms with Crippen molar-refractivity contribution < 1.29 is 9.84 Å². The van der Waals surface area contributed by atoms with Gasteiger partial charge in [0.15, 0.2) is 0 Å². The van der Waals surface area contributed by atoms with Gasteiger partial charge in [0.25, 0.3) is 5.56 Å². The number of unbranched alkanes of at least 4 members (excludes halogenated alkanes) is 1. The molecule has 0 amide bonds. The molecule has 0 aliphatic carbocycles. The number of aryl methyl sites for hydroxylation is 1. The number of nitrogens with two attached hydrogens (primary N) is 1.